The highest BCUT2D eigenvalue weighted by Crippen LogP contribution is 2.22. The Morgan fingerprint density at radius 1 is 1.24 bits per heavy atom. The predicted octanol–water partition coefficient (Wildman–Crippen LogP) is 3.30. The van der Waals surface area contributed by atoms with Gasteiger partial charge in [0.1, 0.15) is 0 Å². The molecular formula is C17H16IN5OS. The average Bonchev–Trinajstić information content (AvgIpc) is 2.94. The normalized spacial score (nSPS) is 10.6. The second kappa shape index (κ2) is 7.87. The predicted molar refractivity (Wildman–Crippen MR) is 109 cm³/mol. The average molecular weight is 465 g/mol. The lowest BCUT2D eigenvalue weighted by Crippen LogP contribution is -2.16. The molecule has 0 fully saturated rings. The topological polar surface area (TPSA) is 85.8 Å². The first-order valence-corrected chi connectivity index (χ1v) is 9.55. The van der Waals surface area contributed by atoms with Crippen molar-refractivity contribution in [3.05, 3.63) is 57.7 Å². The molecule has 0 atom stereocenters. The highest BCUT2D eigenvalue weighted by molar-refractivity contribution is 14.1. The van der Waals surface area contributed by atoms with Gasteiger partial charge in [0.25, 0.3) is 0 Å². The van der Waals surface area contributed by atoms with Gasteiger partial charge in [-0.25, -0.2) is 4.68 Å². The number of carbonyl (C=O) groups is 1. The maximum absolute atomic E-state index is 12.1. The Kier molecular flexibility index (Phi) is 5.59. The third-order valence-electron chi connectivity index (χ3n) is 3.42. The minimum Gasteiger partial charge on any atom is -0.335 e. The molecule has 6 nitrogen and oxygen atoms in total. The van der Waals surface area contributed by atoms with Gasteiger partial charge < -0.3 is 11.2 Å². The monoisotopic (exact) mass is 465 g/mol. The molecular weight excluding hydrogens is 449 g/mol. The van der Waals surface area contributed by atoms with Gasteiger partial charge in [0.05, 0.1) is 5.75 Å². The summed E-state index contributed by atoms with van der Waals surface area (Å²) in [7, 11) is 0. The molecule has 0 saturated heterocycles. The van der Waals surface area contributed by atoms with Crippen molar-refractivity contribution in [1.29, 1.82) is 0 Å². The number of carbonyl (C=O) groups excluding carboxylic acids is 1. The van der Waals surface area contributed by atoms with Crippen LogP contribution in [0.5, 0.6) is 0 Å². The van der Waals surface area contributed by atoms with Crippen molar-refractivity contribution in [3.8, 4) is 11.4 Å². The van der Waals surface area contributed by atoms with E-state index < -0.39 is 0 Å². The van der Waals surface area contributed by atoms with E-state index in [9.17, 15) is 4.79 Å². The Labute approximate surface area is 163 Å². The Morgan fingerprint density at radius 3 is 2.72 bits per heavy atom. The molecule has 0 spiro atoms. The molecule has 0 unspecified atom stereocenters. The van der Waals surface area contributed by atoms with E-state index in [-0.39, 0.29) is 11.7 Å². The van der Waals surface area contributed by atoms with Crippen LogP contribution in [0.2, 0.25) is 0 Å². The molecule has 0 aliphatic rings. The van der Waals surface area contributed by atoms with Crippen molar-refractivity contribution in [2.75, 3.05) is 16.9 Å². The van der Waals surface area contributed by atoms with Crippen molar-refractivity contribution in [1.82, 2.24) is 14.9 Å². The van der Waals surface area contributed by atoms with Gasteiger partial charge in [0, 0.05) is 14.8 Å². The molecule has 25 heavy (non-hydrogen) atoms. The first kappa shape index (κ1) is 17.7. The quantitative estimate of drug-likeness (QED) is 0.343. The Bertz CT molecular complexity index is 894. The van der Waals surface area contributed by atoms with Gasteiger partial charge in [-0.3, -0.25) is 4.79 Å². The number of amides is 1. The summed E-state index contributed by atoms with van der Waals surface area (Å²) in [5, 5.41) is 11.5. The maximum atomic E-state index is 12.1. The number of benzene rings is 2. The van der Waals surface area contributed by atoms with Crippen LogP contribution in [0.1, 0.15) is 5.56 Å². The van der Waals surface area contributed by atoms with E-state index >= 15 is 0 Å². The zero-order chi connectivity index (χ0) is 17.8. The smallest absolute Gasteiger partial charge is 0.234 e. The molecule has 128 valence electrons. The number of aryl methyl sites for hydroxylation is 1. The molecule has 2 aromatic carbocycles. The molecule has 8 heteroatoms. The van der Waals surface area contributed by atoms with E-state index in [0.717, 1.165) is 20.4 Å². The number of nitrogens with zero attached hydrogens (tertiary/aromatic N) is 3. The van der Waals surface area contributed by atoms with Gasteiger partial charge in [-0.2, -0.15) is 0 Å². The molecule has 0 saturated carbocycles. The fourth-order valence-corrected chi connectivity index (χ4v) is 3.37. The standard InChI is InChI=1S/C17H16IN5OS/c1-11-5-7-12(8-6-11)16-21-22-17(23(16)19)25-10-15(24)20-14-4-2-3-13(18)9-14/h2-9H,10,19H2,1H3,(H,20,24). The second-order valence-corrected chi connectivity index (χ2v) is 7.58. The first-order valence-electron chi connectivity index (χ1n) is 7.48. The van der Waals surface area contributed by atoms with Crippen molar-refractivity contribution in [3.63, 3.8) is 0 Å². The summed E-state index contributed by atoms with van der Waals surface area (Å²) < 4.78 is 2.47. The van der Waals surface area contributed by atoms with Crippen molar-refractivity contribution >= 4 is 45.9 Å². The lowest BCUT2D eigenvalue weighted by molar-refractivity contribution is -0.113. The summed E-state index contributed by atoms with van der Waals surface area (Å²) in [6.45, 7) is 2.02. The number of hydrogen-bond donors (Lipinski definition) is 2. The Balaban J connectivity index is 1.64. The Hall–Kier alpha value is -2.07. The molecule has 1 heterocycles. The third kappa shape index (κ3) is 4.51. The lowest BCUT2D eigenvalue weighted by Gasteiger charge is -2.06. The number of aromatic nitrogens is 3. The number of nitrogen functional groups attached to an aromatic ring is 1. The van der Waals surface area contributed by atoms with Gasteiger partial charge in [-0.15, -0.1) is 10.2 Å². The molecule has 3 aromatic rings. The van der Waals surface area contributed by atoms with Gasteiger partial charge in [0.15, 0.2) is 5.82 Å². The summed E-state index contributed by atoms with van der Waals surface area (Å²) in [4.78, 5) is 12.1. The van der Waals surface area contributed by atoms with Crippen molar-refractivity contribution in [2.45, 2.75) is 12.1 Å². The van der Waals surface area contributed by atoms with E-state index in [4.69, 9.17) is 5.84 Å². The summed E-state index contributed by atoms with van der Waals surface area (Å²) >= 11 is 3.45. The minimum atomic E-state index is -0.119. The highest BCUT2D eigenvalue weighted by atomic mass is 127. The number of nitrogens with two attached hydrogens (primary N) is 1. The summed E-state index contributed by atoms with van der Waals surface area (Å²) in [5.74, 6) is 6.72. The lowest BCUT2D eigenvalue weighted by atomic mass is 10.1. The number of rotatable bonds is 5. The fraction of sp³-hybridized carbons (Fsp3) is 0.118. The van der Waals surface area contributed by atoms with E-state index in [0.29, 0.717) is 11.0 Å². The van der Waals surface area contributed by atoms with Crippen LogP contribution in [0.3, 0.4) is 0 Å². The molecule has 3 rings (SSSR count). The van der Waals surface area contributed by atoms with E-state index in [1.165, 1.54) is 16.4 Å². The second-order valence-electron chi connectivity index (χ2n) is 5.39. The van der Waals surface area contributed by atoms with Gasteiger partial charge in [-0.1, -0.05) is 47.7 Å². The molecule has 1 amide bonds. The van der Waals surface area contributed by atoms with Crippen LogP contribution in [0.15, 0.2) is 53.7 Å². The first-order chi connectivity index (χ1) is 12.0. The SMILES string of the molecule is Cc1ccc(-c2nnc(SCC(=O)Nc3cccc(I)c3)n2N)cc1. The zero-order valence-electron chi connectivity index (χ0n) is 13.4. The molecule has 0 bridgehead atoms. The van der Waals surface area contributed by atoms with Crippen LogP contribution in [-0.4, -0.2) is 26.5 Å². The molecule has 0 aliphatic heterocycles. The summed E-state index contributed by atoms with van der Waals surface area (Å²) in [5.41, 5.74) is 2.82. The maximum Gasteiger partial charge on any atom is 0.234 e. The Morgan fingerprint density at radius 2 is 2.00 bits per heavy atom. The van der Waals surface area contributed by atoms with Crippen LogP contribution in [0.25, 0.3) is 11.4 Å². The van der Waals surface area contributed by atoms with Crippen LogP contribution >= 0.6 is 34.4 Å². The number of halogens is 1. The minimum absolute atomic E-state index is 0.119. The van der Waals surface area contributed by atoms with Gasteiger partial charge in [-0.05, 0) is 47.7 Å². The number of nitrogens with one attached hydrogen (secondary N) is 1. The summed E-state index contributed by atoms with van der Waals surface area (Å²) in [6.07, 6.45) is 0. The van der Waals surface area contributed by atoms with Crippen LogP contribution < -0.4 is 11.2 Å². The molecule has 1 aromatic heterocycles. The third-order valence-corrected chi connectivity index (χ3v) is 5.03. The zero-order valence-corrected chi connectivity index (χ0v) is 16.4. The largest absolute Gasteiger partial charge is 0.335 e. The molecule has 0 radical (unpaired) electrons. The van der Waals surface area contributed by atoms with Crippen LogP contribution in [0.4, 0.5) is 5.69 Å². The highest BCUT2D eigenvalue weighted by Gasteiger charge is 2.13. The van der Waals surface area contributed by atoms with Crippen molar-refractivity contribution < 1.29 is 4.79 Å². The van der Waals surface area contributed by atoms with Crippen LogP contribution in [-0.2, 0) is 4.79 Å². The van der Waals surface area contributed by atoms with Gasteiger partial charge >= 0.3 is 0 Å². The van der Waals surface area contributed by atoms with E-state index in [1.807, 2.05) is 55.5 Å². The fourth-order valence-electron chi connectivity index (χ4n) is 2.17. The molecule has 3 N–H and O–H groups in total. The van der Waals surface area contributed by atoms with Crippen LogP contribution in [0, 0.1) is 10.5 Å². The number of thioether (sulfide) groups is 1. The van der Waals surface area contributed by atoms with Crippen molar-refractivity contribution in [2.24, 2.45) is 0 Å². The summed E-state index contributed by atoms with van der Waals surface area (Å²) in [6, 6.07) is 15.5. The van der Waals surface area contributed by atoms with Gasteiger partial charge in [0.2, 0.25) is 11.1 Å². The molecule has 0 aliphatic carbocycles. The van der Waals surface area contributed by atoms with E-state index in [1.54, 1.807) is 0 Å². The number of hydrogen-bond acceptors (Lipinski definition) is 5. The number of anilines is 1. The van der Waals surface area contributed by atoms with E-state index in [2.05, 4.69) is 38.1 Å².